The molecule has 156 valence electrons. The van der Waals surface area contributed by atoms with E-state index in [4.69, 9.17) is 34.8 Å². The number of benzene rings is 2. The van der Waals surface area contributed by atoms with E-state index in [1.807, 2.05) is 50.2 Å². The molecule has 1 fully saturated rings. The summed E-state index contributed by atoms with van der Waals surface area (Å²) in [7, 11) is 0. The van der Waals surface area contributed by atoms with Crippen LogP contribution in [0.1, 0.15) is 31.9 Å². The van der Waals surface area contributed by atoms with Crippen molar-refractivity contribution in [2.45, 2.75) is 32.4 Å². The average Bonchev–Trinajstić information content (AvgIpc) is 2.67. The molecule has 0 aromatic heterocycles. The van der Waals surface area contributed by atoms with Crippen molar-refractivity contribution in [3.63, 3.8) is 0 Å². The Morgan fingerprint density at radius 2 is 1.72 bits per heavy atom. The smallest absolute Gasteiger partial charge is 0.251 e. The Labute approximate surface area is 187 Å². The van der Waals surface area contributed by atoms with Crippen LogP contribution in [0.2, 0.25) is 15.1 Å². The summed E-state index contributed by atoms with van der Waals surface area (Å²) in [4.78, 5) is 16.7. The lowest BCUT2D eigenvalue weighted by Crippen LogP contribution is -2.53. The predicted molar refractivity (Wildman–Crippen MR) is 120 cm³/mol. The van der Waals surface area contributed by atoms with Gasteiger partial charge in [0.15, 0.2) is 0 Å². The molecule has 1 saturated heterocycles. The lowest BCUT2D eigenvalue weighted by atomic mass is 9.99. The van der Waals surface area contributed by atoms with Crippen molar-refractivity contribution in [3.8, 4) is 0 Å². The molecule has 0 aliphatic carbocycles. The highest BCUT2D eigenvalue weighted by Crippen LogP contribution is 2.37. The van der Waals surface area contributed by atoms with Gasteiger partial charge >= 0.3 is 0 Å². The SMILES string of the molecule is CC(C)C[C@H](O)C(=O)N1CCN(c2ccc(Cl)cc2Cl)[C@H](c2ccc(Cl)cc2)C1. The number of carbonyl (C=O) groups excluding carboxylic acids is 1. The highest BCUT2D eigenvalue weighted by molar-refractivity contribution is 6.36. The second kappa shape index (κ2) is 9.57. The van der Waals surface area contributed by atoms with Gasteiger partial charge in [0, 0.05) is 29.7 Å². The van der Waals surface area contributed by atoms with Crippen LogP contribution < -0.4 is 4.90 Å². The molecule has 0 radical (unpaired) electrons. The first-order chi connectivity index (χ1) is 13.8. The van der Waals surface area contributed by atoms with Crippen molar-refractivity contribution >= 4 is 46.4 Å². The number of aliphatic hydroxyl groups excluding tert-OH is 1. The fourth-order valence-electron chi connectivity index (χ4n) is 3.71. The van der Waals surface area contributed by atoms with Crippen molar-refractivity contribution in [2.24, 2.45) is 5.92 Å². The lowest BCUT2D eigenvalue weighted by molar-refractivity contribution is -0.141. The Morgan fingerprint density at radius 1 is 1.07 bits per heavy atom. The number of piperazine rings is 1. The molecule has 1 amide bonds. The largest absolute Gasteiger partial charge is 0.383 e. The number of anilines is 1. The number of hydrogen-bond acceptors (Lipinski definition) is 3. The van der Waals surface area contributed by atoms with Gasteiger partial charge in [0.2, 0.25) is 0 Å². The van der Waals surface area contributed by atoms with Crippen LogP contribution in [0.4, 0.5) is 5.69 Å². The van der Waals surface area contributed by atoms with Gasteiger partial charge in [-0.1, -0.05) is 60.8 Å². The maximum Gasteiger partial charge on any atom is 0.251 e. The van der Waals surface area contributed by atoms with E-state index in [1.165, 1.54) is 0 Å². The third kappa shape index (κ3) is 5.37. The summed E-state index contributed by atoms with van der Waals surface area (Å²) in [6, 6.07) is 12.9. The monoisotopic (exact) mass is 454 g/mol. The van der Waals surface area contributed by atoms with Gasteiger partial charge in [-0.3, -0.25) is 4.79 Å². The molecule has 4 nitrogen and oxygen atoms in total. The fraction of sp³-hybridized carbons (Fsp3) is 0.409. The summed E-state index contributed by atoms with van der Waals surface area (Å²) in [5.74, 6) is 0.0229. The molecule has 29 heavy (non-hydrogen) atoms. The topological polar surface area (TPSA) is 43.8 Å². The molecule has 0 spiro atoms. The summed E-state index contributed by atoms with van der Waals surface area (Å²) in [6.45, 7) is 5.54. The van der Waals surface area contributed by atoms with Gasteiger partial charge in [-0.25, -0.2) is 0 Å². The molecular weight excluding hydrogens is 431 g/mol. The molecule has 1 heterocycles. The van der Waals surface area contributed by atoms with Crippen LogP contribution in [0.25, 0.3) is 0 Å². The van der Waals surface area contributed by atoms with Gasteiger partial charge in [0.25, 0.3) is 5.91 Å². The summed E-state index contributed by atoms with van der Waals surface area (Å²) in [5, 5.41) is 12.1. The van der Waals surface area contributed by atoms with E-state index in [0.29, 0.717) is 41.1 Å². The molecule has 1 aliphatic heterocycles. The van der Waals surface area contributed by atoms with Crippen LogP contribution in [0.3, 0.4) is 0 Å². The zero-order valence-electron chi connectivity index (χ0n) is 16.5. The highest BCUT2D eigenvalue weighted by atomic mass is 35.5. The maximum atomic E-state index is 12.8. The predicted octanol–water partition coefficient (Wildman–Crippen LogP) is 5.44. The summed E-state index contributed by atoms with van der Waals surface area (Å²) < 4.78 is 0. The van der Waals surface area contributed by atoms with Gasteiger partial charge in [-0.15, -0.1) is 0 Å². The summed E-state index contributed by atoms with van der Waals surface area (Å²) in [6.07, 6.45) is -0.528. The van der Waals surface area contributed by atoms with E-state index < -0.39 is 6.10 Å². The molecule has 1 aliphatic rings. The second-order valence-electron chi connectivity index (χ2n) is 7.79. The minimum atomic E-state index is -0.980. The van der Waals surface area contributed by atoms with Crippen molar-refractivity contribution in [1.82, 2.24) is 4.90 Å². The number of carbonyl (C=O) groups is 1. The fourth-order valence-corrected chi connectivity index (χ4v) is 4.36. The van der Waals surface area contributed by atoms with E-state index in [9.17, 15) is 9.90 Å². The molecule has 7 heteroatoms. The van der Waals surface area contributed by atoms with E-state index in [0.717, 1.165) is 11.3 Å². The second-order valence-corrected chi connectivity index (χ2v) is 9.07. The van der Waals surface area contributed by atoms with Gasteiger partial charge < -0.3 is 14.9 Å². The Hall–Kier alpha value is -1.46. The van der Waals surface area contributed by atoms with Gasteiger partial charge in [-0.05, 0) is 48.2 Å². The number of rotatable bonds is 5. The van der Waals surface area contributed by atoms with E-state index in [-0.39, 0.29) is 17.9 Å². The Bertz CT molecular complexity index is 858. The zero-order valence-corrected chi connectivity index (χ0v) is 18.8. The molecule has 2 aromatic rings. The third-order valence-corrected chi connectivity index (χ3v) is 5.94. The maximum absolute atomic E-state index is 12.8. The van der Waals surface area contributed by atoms with Crippen LogP contribution in [0.5, 0.6) is 0 Å². The van der Waals surface area contributed by atoms with Crippen LogP contribution >= 0.6 is 34.8 Å². The average molecular weight is 456 g/mol. The van der Waals surface area contributed by atoms with Crippen LogP contribution in [-0.4, -0.2) is 41.7 Å². The van der Waals surface area contributed by atoms with Gasteiger partial charge in [-0.2, -0.15) is 0 Å². The van der Waals surface area contributed by atoms with Gasteiger partial charge in [0.1, 0.15) is 6.10 Å². The molecule has 2 atom stereocenters. The third-order valence-electron chi connectivity index (χ3n) is 5.15. The quantitative estimate of drug-likeness (QED) is 0.652. The van der Waals surface area contributed by atoms with Crippen molar-refractivity contribution in [3.05, 3.63) is 63.1 Å². The number of nitrogens with zero attached hydrogens (tertiary/aromatic N) is 2. The first-order valence-electron chi connectivity index (χ1n) is 9.70. The summed E-state index contributed by atoms with van der Waals surface area (Å²) in [5.41, 5.74) is 1.89. The van der Waals surface area contributed by atoms with Crippen LogP contribution in [-0.2, 0) is 4.79 Å². The minimum Gasteiger partial charge on any atom is -0.383 e. The van der Waals surface area contributed by atoms with Crippen LogP contribution in [0, 0.1) is 5.92 Å². The first kappa shape index (κ1) is 22.2. The van der Waals surface area contributed by atoms with Crippen molar-refractivity contribution < 1.29 is 9.90 Å². The standard InChI is InChI=1S/C22H25Cl3N2O2/c1-14(2)11-21(28)22(29)26-9-10-27(19-8-7-17(24)12-18(19)25)20(13-26)15-3-5-16(23)6-4-15/h3-8,12,14,20-21,28H,9-11,13H2,1-2H3/t20-,21-/m0/s1. The Balaban J connectivity index is 1.90. The zero-order chi connectivity index (χ0) is 21.1. The van der Waals surface area contributed by atoms with Crippen molar-refractivity contribution in [2.75, 3.05) is 24.5 Å². The molecule has 0 bridgehead atoms. The number of amides is 1. The highest BCUT2D eigenvalue weighted by Gasteiger charge is 2.34. The van der Waals surface area contributed by atoms with Crippen molar-refractivity contribution in [1.29, 1.82) is 0 Å². The molecule has 0 unspecified atom stereocenters. The number of halogens is 3. The molecule has 3 rings (SSSR count). The molecule has 1 N–H and O–H groups in total. The van der Waals surface area contributed by atoms with Gasteiger partial charge in [0.05, 0.1) is 16.8 Å². The van der Waals surface area contributed by atoms with E-state index >= 15 is 0 Å². The number of hydrogen-bond donors (Lipinski definition) is 1. The van der Waals surface area contributed by atoms with E-state index in [2.05, 4.69) is 4.90 Å². The Kier molecular flexibility index (Phi) is 7.33. The first-order valence-corrected chi connectivity index (χ1v) is 10.8. The summed E-state index contributed by atoms with van der Waals surface area (Å²) >= 11 is 18.6. The normalized spacial score (nSPS) is 18.2. The van der Waals surface area contributed by atoms with E-state index in [1.54, 1.807) is 11.0 Å². The number of aliphatic hydroxyl groups is 1. The van der Waals surface area contributed by atoms with Crippen LogP contribution in [0.15, 0.2) is 42.5 Å². The minimum absolute atomic E-state index is 0.116. The molecule has 0 saturated carbocycles. The molecular formula is C22H25Cl3N2O2. The lowest BCUT2D eigenvalue weighted by Gasteiger charge is -2.44. The molecule has 2 aromatic carbocycles. The Morgan fingerprint density at radius 3 is 2.34 bits per heavy atom.